The lowest BCUT2D eigenvalue weighted by Crippen LogP contribution is -2.25. The van der Waals surface area contributed by atoms with E-state index >= 15 is 0 Å². The van der Waals surface area contributed by atoms with Crippen molar-refractivity contribution in [2.75, 3.05) is 6.54 Å². The van der Waals surface area contributed by atoms with Gasteiger partial charge in [0.15, 0.2) is 5.82 Å². The van der Waals surface area contributed by atoms with Crippen molar-refractivity contribution in [3.63, 3.8) is 0 Å². The first-order valence-corrected chi connectivity index (χ1v) is 8.98. The van der Waals surface area contributed by atoms with Gasteiger partial charge in [-0.1, -0.05) is 31.2 Å². The minimum Gasteiger partial charge on any atom is -0.392 e. The summed E-state index contributed by atoms with van der Waals surface area (Å²) in [6.45, 7) is 4.84. The molecule has 2 aromatic carbocycles. The van der Waals surface area contributed by atoms with Gasteiger partial charge in [0.1, 0.15) is 11.5 Å². The zero-order valence-electron chi connectivity index (χ0n) is 15.4. The van der Waals surface area contributed by atoms with E-state index < -0.39 is 17.7 Å². The molecule has 3 rings (SSSR count). The predicted molar refractivity (Wildman–Crippen MR) is 102 cm³/mol. The molecule has 0 aliphatic rings. The van der Waals surface area contributed by atoms with Crippen LogP contribution in [0.25, 0.3) is 16.9 Å². The van der Waals surface area contributed by atoms with Gasteiger partial charge >= 0.3 is 0 Å². The van der Waals surface area contributed by atoms with Crippen molar-refractivity contribution >= 4 is 0 Å². The number of hydrogen-bond donors (Lipinski definition) is 2. The van der Waals surface area contributed by atoms with Gasteiger partial charge in [-0.15, -0.1) is 0 Å². The fraction of sp³-hybridized carbons (Fsp3) is 0.286. The van der Waals surface area contributed by atoms with Crippen molar-refractivity contribution < 1.29 is 13.9 Å². The van der Waals surface area contributed by atoms with Gasteiger partial charge in [-0.2, -0.15) is 5.10 Å². The van der Waals surface area contributed by atoms with Crippen molar-refractivity contribution in [3.05, 3.63) is 71.4 Å². The molecule has 0 aliphatic carbocycles. The van der Waals surface area contributed by atoms with Crippen LogP contribution in [0.15, 0.2) is 48.7 Å². The smallest absolute Gasteiger partial charge is 0.151 e. The van der Waals surface area contributed by atoms with Crippen LogP contribution in [0.1, 0.15) is 24.5 Å². The average Bonchev–Trinajstić information content (AvgIpc) is 3.05. The van der Waals surface area contributed by atoms with Gasteiger partial charge in [-0.05, 0) is 31.0 Å². The molecule has 0 saturated carbocycles. The van der Waals surface area contributed by atoms with E-state index in [0.717, 1.165) is 28.5 Å². The molecule has 0 aliphatic heterocycles. The number of aliphatic hydroxyl groups excluding tert-OH is 1. The quantitative estimate of drug-likeness (QED) is 0.660. The Bertz CT molecular complexity index is 924. The first-order valence-electron chi connectivity index (χ1n) is 8.98. The lowest BCUT2D eigenvalue weighted by Gasteiger charge is -2.10. The normalized spacial score (nSPS) is 12.3. The SMILES string of the molecule is CC[C@H](O)CNCc1cn(-c2ccc(F)cc2F)nc1-c1ccccc1C. The number of benzene rings is 2. The summed E-state index contributed by atoms with van der Waals surface area (Å²) in [5.74, 6) is -1.30. The van der Waals surface area contributed by atoms with Crippen LogP contribution in [-0.2, 0) is 6.54 Å². The molecule has 1 aromatic heterocycles. The Hall–Kier alpha value is -2.57. The average molecular weight is 371 g/mol. The molecule has 0 radical (unpaired) electrons. The maximum Gasteiger partial charge on any atom is 0.151 e. The van der Waals surface area contributed by atoms with Crippen molar-refractivity contribution in [1.82, 2.24) is 15.1 Å². The van der Waals surface area contributed by atoms with Crippen LogP contribution in [-0.4, -0.2) is 27.5 Å². The topological polar surface area (TPSA) is 50.1 Å². The maximum atomic E-state index is 14.2. The largest absolute Gasteiger partial charge is 0.392 e. The minimum atomic E-state index is -0.672. The molecule has 4 nitrogen and oxygen atoms in total. The zero-order valence-corrected chi connectivity index (χ0v) is 15.4. The highest BCUT2D eigenvalue weighted by Gasteiger charge is 2.16. The standard InChI is InChI=1S/C21H23F2N3O/c1-3-17(27)12-24-11-15-13-26(20-9-8-16(22)10-19(20)23)25-21(15)18-7-5-4-6-14(18)2/h4-10,13,17,24,27H,3,11-12H2,1-2H3/t17-/m0/s1. The molecule has 2 N–H and O–H groups in total. The second-order valence-corrected chi connectivity index (χ2v) is 6.55. The third kappa shape index (κ3) is 4.40. The molecule has 0 saturated heterocycles. The molecule has 0 spiro atoms. The monoisotopic (exact) mass is 371 g/mol. The lowest BCUT2D eigenvalue weighted by atomic mass is 10.0. The Kier molecular flexibility index (Phi) is 5.98. The molecule has 1 atom stereocenters. The summed E-state index contributed by atoms with van der Waals surface area (Å²) in [6, 6.07) is 11.3. The Morgan fingerprint density at radius 3 is 2.67 bits per heavy atom. The highest BCUT2D eigenvalue weighted by Crippen LogP contribution is 2.27. The zero-order chi connectivity index (χ0) is 19.4. The fourth-order valence-electron chi connectivity index (χ4n) is 2.91. The number of hydrogen-bond acceptors (Lipinski definition) is 3. The molecule has 3 aromatic rings. The Labute approximate surface area is 157 Å². The van der Waals surface area contributed by atoms with Gasteiger partial charge in [0, 0.05) is 36.5 Å². The van der Waals surface area contributed by atoms with E-state index in [9.17, 15) is 13.9 Å². The number of nitrogens with one attached hydrogen (secondary N) is 1. The number of nitrogens with zero attached hydrogens (tertiary/aromatic N) is 2. The molecule has 1 heterocycles. The summed E-state index contributed by atoms with van der Waals surface area (Å²) in [7, 11) is 0. The Balaban J connectivity index is 1.99. The van der Waals surface area contributed by atoms with Crippen LogP contribution >= 0.6 is 0 Å². The summed E-state index contributed by atoms with van der Waals surface area (Å²) in [6.07, 6.45) is 1.98. The highest BCUT2D eigenvalue weighted by molar-refractivity contribution is 5.66. The molecule has 6 heteroatoms. The molecule has 0 amide bonds. The van der Waals surface area contributed by atoms with E-state index in [4.69, 9.17) is 0 Å². The number of aryl methyl sites for hydroxylation is 1. The van der Waals surface area contributed by atoms with Gasteiger partial charge in [0.25, 0.3) is 0 Å². The van der Waals surface area contributed by atoms with Crippen LogP contribution in [0.4, 0.5) is 8.78 Å². The second-order valence-electron chi connectivity index (χ2n) is 6.55. The number of aromatic nitrogens is 2. The van der Waals surface area contributed by atoms with Gasteiger partial charge < -0.3 is 10.4 Å². The van der Waals surface area contributed by atoms with Crippen molar-refractivity contribution in [2.45, 2.75) is 32.9 Å². The van der Waals surface area contributed by atoms with Crippen molar-refractivity contribution in [3.8, 4) is 16.9 Å². The number of halogens is 2. The Morgan fingerprint density at radius 2 is 1.96 bits per heavy atom. The summed E-state index contributed by atoms with van der Waals surface area (Å²) in [4.78, 5) is 0. The van der Waals surface area contributed by atoms with Crippen LogP contribution in [0.2, 0.25) is 0 Å². The summed E-state index contributed by atoms with van der Waals surface area (Å²) < 4.78 is 28.9. The summed E-state index contributed by atoms with van der Waals surface area (Å²) >= 11 is 0. The summed E-state index contributed by atoms with van der Waals surface area (Å²) in [5, 5.41) is 17.5. The van der Waals surface area contributed by atoms with Gasteiger partial charge in [-0.3, -0.25) is 0 Å². The van der Waals surface area contributed by atoms with Crippen LogP contribution in [0, 0.1) is 18.6 Å². The van der Waals surface area contributed by atoms with E-state index in [1.165, 1.54) is 16.8 Å². The van der Waals surface area contributed by atoms with E-state index in [0.29, 0.717) is 19.5 Å². The number of aliphatic hydroxyl groups is 1. The van der Waals surface area contributed by atoms with Crippen molar-refractivity contribution in [2.24, 2.45) is 0 Å². The van der Waals surface area contributed by atoms with Crippen molar-refractivity contribution in [1.29, 1.82) is 0 Å². The third-order valence-electron chi connectivity index (χ3n) is 4.51. The van der Waals surface area contributed by atoms with Gasteiger partial charge in [0.2, 0.25) is 0 Å². The van der Waals surface area contributed by atoms with Crippen LogP contribution < -0.4 is 5.32 Å². The molecular weight excluding hydrogens is 348 g/mol. The number of rotatable bonds is 7. The van der Waals surface area contributed by atoms with E-state index in [-0.39, 0.29) is 5.69 Å². The van der Waals surface area contributed by atoms with Gasteiger partial charge in [-0.25, -0.2) is 13.5 Å². The third-order valence-corrected chi connectivity index (χ3v) is 4.51. The maximum absolute atomic E-state index is 14.2. The van der Waals surface area contributed by atoms with E-state index in [1.54, 1.807) is 6.20 Å². The van der Waals surface area contributed by atoms with Crippen LogP contribution in [0.5, 0.6) is 0 Å². The second kappa shape index (κ2) is 8.41. The molecule has 0 bridgehead atoms. The first kappa shape index (κ1) is 19.2. The molecule has 27 heavy (non-hydrogen) atoms. The molecule has 0 fully saturated rings. The highest BCUT2D eigenvalue weighted by atomic mass is 19.1. The Morgan fingerprint density at radius 1 is 1.19 bits per heavy atom. The molecule has 0 unspecified atom stereocenters. The van der Waals surface area contributed by atoms with E-state index in [2.05, 4.69) is 10.4 Å². The summed E-state index contributed by atoms with van der Waals surface area (Å²) in [5.41, 5.74) is 3.79. The predicted octanol–water partition coefficient (Wildman–Crippen LogP) is 3.99. The molecule has 142 valence electrons. The molecular formula is C21H23F2N3O. The fourth-order valence-corrected chi connectivity index (χ4v) is 2.91. The first-order chi connectivity index (χ1) is 13.0. The lowest BCUT2D eigenvalue weighted by molar-refractivity contribution is 0.167. The van der Waals surface area contributed by atoms with E-state index in [1.807, 2.05) is 38.1 Å². The van der Waals surface area contributed by atoms with Gasteiger partial charge in [0.05, 0.1) is 11.8 Å². The minimum absolute atomic E-state index is 0.186. The van der Waals surface area contributed by atoms with Crippen LogP contribution in [0.3, 0.4) is 0 Å².